The van der Waals surface area contributed by atoms with E-state index in [1.165, 1.54) is 6.26 Å². The highest BCUT2D eigenvalue weighted by atomic mass is 79.9. The van der Waals surface area contributed by atoms with Gasteiger partial charge in [0.1, 0.15) is 11.5 Å². The number of ether oxygens (including phenoxy) is 1. The van der Waals surface area contributed by atoms with Crippen molar-refractivity contribution in [2.45, 2.75) is 39.2 Å². The largest absolute Gasteiger partial charge is 0.483 e. The number of nitrogens with zero attached hydrogens (tertiary/aromatic N) is 1. The van der Waals surface area contributed by atoms with Crippen molar-refractivity contribution in [3.8, 4) is 5.75 Å². The van der Waals surface area contributed by atoms with Gasteiger partial charge in [0.15, 0.2) is 6.61 Å². The molecule has 3 rings (SSSR count). The van der Waals surface area contributed by atoms with E-state index in [1.54, 1.807) is 23.1 Å². The number of amides is 3. The lowest BCUT2D eigenvalue weighted by Gasteiger charge is -2.20. The minimum atomic E-state index is -0.539. The van der Waals surface area contributed by atoms with Gasteiger partial charge in [0.05, 0.1) is 23.2 Å². The molecule has 3 amide bonds. The first kappa shape index (κ1) is 22.9. The van der Waals surface area contributed by atoms with Crippen LogP contribution in [0.1, 0.15) is 38.5 Å². The van der Waals surface area contributed by atoms with E-state index in [2.05, 4.69) is 47.6 Å². The number of carbonyl (C=O) groups is 3. The molecule has 0 bridgehead atoms. The molecule has 1 fully saturated rings. The third kappa shape index (κ3) is 6.10. The van der Waals surface area contributed by atoms with Crippen LogP contribution < -0.4 is 15.6 Å². The zero-order chi connectivity index (χ0) is 22.6. The van der Waals surface area contributed by atoms with Gasteiger partial charge in [-0.2, -0.15) is 0 Å². The molecule has 0 spiro atoms. The second kappa shape index (κ2) is 9.55. The van der Waals surface area contributed by atoms with E-state index in [4.69, 9.17) is 9.15 Å². The highest BCUT2D eigenvalue weighted by Crippen LogP contribution is 2.31. The molecule has 1 aromatic heterocycles. The van der Waals surface area contributed by atoms with Crippen LogP contribution in [0.5, 0.6) is 5.75 Å². The van der Waals surface area contributed by atoms with Gasteiger partial charge in [0, 0.05) is 13.0 Å². The number of likely N-dealkylation sites (tertiary alicyclic amines) is 1. The predicted octanol–water partition coefficient (Wildman–Crippen LogP) is 2.91. The summed E-state index contributed by atoms with van der Waals surface area (Å²) in [5, 5.41) is 0. The Labute approximate surface area is 189 Å². The standard InChI is InChI=1S/C22H26BrN3O5/c1-22(2,3)15-6-7-18(17(23)10-15)31-13-19(27)24-25-21(29)14-9-20(28)26(11-14)12-16-5-4-8-30-16/h4-8,10,14H,9,11-13H2,1-3H3,(H,24,27)(H,25,29). The lowest BCUT2D eigenvalue weighted by molar-refractivity contribution is -0.132. The lowest BCUT2D eigenvalue weighted by atomic mass is 9.87. The van der Waals surface area contributed by atoms with E-state index in [-0.39, 0.29) is 30.9 Å². The summed E-state index contributed by atoms with van der Waals surface area (Å²) >= 11 is 3.46. The molecule has 166 valence electrons. The van der Waals surface area contributed by atoms with Crippen LogP contribution in [-0.2, 0) is 26.3 Å². The summed E-state index contributed by atoms with van der Waals surface area (Å²) < 4.78 is 11.5. The Hall–Kier alpha value is -2.81. The molecule has 1 aliphatic rings. The highest BCUT2D eigenvalue weighted by Gasteiger charge is 2.34. The lowest BCUT2D eigenvalue weighted by Crippen LogP contribution is -2.46. The van der Waals surface area contributed by atoms with Crippen LogP contribution in [0.4, 0.5) is 0 Å². The number of halogens is 1. The van der Waals surface area contributed by atoms with E-state index in [1.807, 2.05) is 12.1 Å². The van der Waals surface area contributed by atoms with Crippen LogP contribution in [0.3, 0.4) is 0 Å². The van der Waals surface area contributed by atoms with Crippen molar-refractivity contribution in [3.63, 3.8) is 0 Å². The Bertz CT molecular complexity index is 953. The number of hydrogen-bond acceptors (Lipinski definition) is 5. The van der Waals surface area contributed by atoms with E-state index >= 15 is 0 Å². The fraction of sp³-hybridized carbons (Fsp3) is 0.409. The number of hydrogen-bond donors (Lipinski definition) is 2. The van der Waals surface area contributed by atoms with Crippen LogP contribution in [-0.4, -0.2) is 35.8 Å². The first-order chi connectivity index (χ1) is 14.6. The predicted molar refractivity (Wildman–Crippen MR) is 117 cm³/mol. The topological polar surface area (TPSA) is 101 Å². The summed E-state index contributed by atoms with van der Waals surface area (Å²) in [6, 6.07) is 9.23. The maximum atomic E-state index is 12.3. The molecule has 1 atom stereocenters. The normalized spacial score (nSPS) is 16.3. The maximum Gasteiger partial charge on any atom is 0.276 e. The van der Waals surface area contributed by atoms with Crippen molar-refractivity contribution in [1.82, 2.24) is 15.8 Å². The Kier molecular flexibility index (Phi) is 7.04. The molecule has 31 heavy (non-hydrogen) atoms. The van der Waals surface area contributed by atoms with Crippen LogP contribution in [0.25, 0.3) is 0 Å². The van der Waals surface area contributed by atoms with Crippen LogP contribution in [0.2, 0.25) is 0 Å². The summed E-state index contributed by atoms with van der Waals surface area (Å²) in [6.07, 6.45) is 1.63. The number of furan rings is 1. The number of nitrogens with one attached hydrogen (secondary N) is 2. The molecule has 2 N–H and O–H groups in total. The molecule has 8 nitrogen and oxygen atoms in total. The molecule has 2 aromatic rings. The molecule has 0 saturated carbocycles. The van der Waals surface area contributed by atoms with E-state index in [9.17, 15) is 14.4 Å². The van der Waals surface area contributed by atoms with Crippen LogP contribution in [0.15, 0.2) is 45.5 Å². The Balaban J connectivity index is 1.43. The summed E-state index contributed by atoms with van der Waals surface area (Å²) in [6.45, 7) is 6.66. The zero-order valence-corrected chi connectivity index (χ0v) is 19.3. The fourth-order valence-electron chi connectivity index (χ4n) is 3.19. The molecule has 2 heterocycles. The maximum absolute atomic E-state index is 12.3. The monoisotopic (exact) mass is 491 g/mol. The van der Waals surface area contributed by atoms with Crippen molar-refractivity contribution in [3.05, 3.63) is 52.4 Å². The smallest absolute Gasteiger partial charge is 0.276 e. The average molecular weight is 492 g/mol. The van der Waals surface area contributed by atoms with Gasteiger partial charge < -0.3 is 14.1 Å². The van der Waals surface area contributed by atoms with Gasteiger partial charge in [-0.1, -0.05) is 26.8 Å². The van der Waals surface area contributed by atoms with E-state index in [0.29, 0.717) is 18.1 Å². The van der Waals surface area contributed by atoms with Crippen molar-refractivity contribution in [2.24, 2.45) is 5.92 Å². The Morgan fingerprint density at radius 2 is 2.03 bits per heavy atom. The molecular weight excluding hydrogens is 466 g/mol. The molecule has 9 heteroatoms. The van der Waals surface area contributed by atoms with E-state index in [0.717, 1.165) is 10.0 Å². The van der Waals surface area contributed by atoms with Gasteiger partial charge in [0.2, 0.25) is 11.8 Å². The Morgan fingerprint density at radius 1 is 1.26 bits per heavy atom. The van der Waals surface area contributed by atoms with Crippen molar-refractivity contribution >= 4 is 33.7 Å². The molecule has 0 aliphatic carbocycles. The summed E-state index contributed by atoms with van der Waals surface area (Å²) in [5.41, 5.74) is 5.84. The van der Waals surface area contributed by atoms with Gasteiger partial charge >= 0.3 is 0 Å². The van der Waals surface area contributed by atoms with Crippen LogP contribution >= 0.6 is 15.9 Å². The van der Waals surface area contributed by atoms with Crippen LogP contribution in [0, 0.1) is 5.92 Å². The van der Waals surface area contributed by atoms with Gasteiger partial charge in [-0.3, -0.25) is 25.2 Å². The molecule has 0 radical (unpaired) electrons. The average Bonchev–Trinajstić information content (AvgIpc) is 3.34. The van der Waals surface area contributed by atoms with Crippen molar-refractivity contribution < 1.29 is 23.5 Å². The number of benzene rings is 1. The quantitative estimate of drug-likeness (QED) is 0.605. The molecule has 1 aromatic carbocycles. The third-order valence-electron chi connectivity index (χ3n) is 4.99. The second-order valence-corrected chi connectivity index (χ2v) is 9.33. The molecular formula is C22H26BrN3O5. The van der Waals surface area contributed by atoms with Gasteiger partial charge in [-0.15, -0.1) is 0 Å². The first-order valence-corrected chi connectivity index (χ1v) is 10.7. The molecule has 1 unspecified atom stereocenters. The SMILES string of the molecule is CC(C)(C)c1ccc(OCC(=O)NNC(=O)C2CC(=O)N(Cc3ccco3)C2)c(Br)c1. The van der Waals surface area contributed by atoms with Gasteiger partial charge in [0.25, 0.3) is 5.91 Å². The zero-order valence-electron chi connectivity index (χ0n) is 17.7. The Morgan fingerprint density at radius 3 is 2.68 bits per heavy atom. The van der Waals surface area contributed by atoms with Crippen molar-refractivity contribution in [2.75, 3.05) is 13.2 Å². The highest BCUT2D eigenvalue weighted by molar-refractivity contribution is 9.10. The minimum Gasteiger partial charge on any atom is -0.483 e. The second-order valence-electron chi connectivity index (χ2n) is 8.48. The van der Waals surface area contributed by atoms with Crippen molar-refractivity contribution in [1.29, 1.82) is 0 Å². The summed E-state index contributed by atoms with van der Waals surface area (Å²) in [4.78, 5) is 38.1. The number of carbonyl (C=O) groups excluding carboxylic acids is 3. The van der Waals surface area contributed by atoms with E-state index < -0.39 is 17.7 Å². The van der Waals surface area contributed by atoms with Gasteiger partial charge in [-0.05, 0) is 51.2 Å². The molecule has 1 aliphatic heterocycles. The fourth-order valence-corrected chi connectivity index (χ4v) is 3.68. The summed E-state index contributed by atoms with van der Waals surface area (Å²) in [7, 11) is 0. The third-order valence-corrected chi connectivity index (χ3v) is 5.61. The number of rotatable bonds is 6. The van der Waals surface area contributed by atoms with Gasteiger partial charge in [-0.25, -0.2) is 0 Å². The summed E-state index contributed by atoms with van der Waals surface area (Å²) in [5.74, 6) is -0.403. The first-order valence-electron chi connectivity index (χ1n) is 9.95. The minimum absolute atomic E-state index is 0.00212. The number of hydrazine groups is 1. The molecule has 1 saturated heterocycles.